The second kappa shape index (κ2) is 8.29. The lowest BCUT2D eigenvalue weighted by Crippen LogP contribution is -2.32. The van der Waals surface area contributed by atoms with Crippen LogP contribution in [0, 0.1) is 5.41 Å². The van der Waals surface area contributed by atoms with Gasteiger partial charge in [-0.15, -0.1) is 0 Å². The molecule has 0 atom stereocenters. The lowest BCUT2D eigenvalue weighted by Gasteiger charge is -2.23. The van der Waals surface area contributed by atoms with Crippen LogP contribution >= 0.6 is 0 Å². The third-order valence-corrected chi connectivity index (χ3v) is 3.37. The van der Waals surface area contributed by atoms with Gasteiger partial charge in [-0.2, -0.15) is 0 Å². The number of aliphatic carboxylic acids is 1. The van der Waals surface area contributed by atoms with Crippen molar-refractivity contribution in [3.05, 3.63) is 30.3 Å². The van der Waals surface area contributed by atoms with Gasteiger partial charge >= 0.3 is 5.97 Å². The van der Waals surface area contributed by atoms with Crippen molar-refractivity contribution in [2.75, 3.05) is 18.4 Å². The number of carboxylic acids is 1. The quantitative estimate of drug-likeness (QED) is 0.653. The Hall–Kier alpha value is -2.04. The first-order valence-electron chi connectivity index (χ1n) is 7.16. The van der Waals surface area contributed by atoms with Gasteiger partial charge in [0.2, 0.25) is 5.91 Å². The smallest absolute Gasteiger partial charge is 0.303 e. The van der Waals surface area contributed by atoms with Crippen molar-refractivity contribution >= 4 is 17.6 Å². The van der Waals surface area contributed by atoms with E-state index in [4.69, 9.17) is 5.11 Å². The average Bonchev–Trinajstić information content (AvgIpc) is 2.44. The molecule has 0 saturated heterocycles. The Labute approximate surface area is 125 Å². The van der Waals surface area contributed by atoms with Crippen molar-refractivity contribution in [2.45, 2.75) is 33.1 Å². The number of hydrogen-bond acceptors (Lipinski definition) is 3. The summed E-state index contributed by atoms with van der Waals surface area (Å²) < 4.78 is 0. The van der Waals surface area contributed by atoms with E-state index >= 15 is 0 Å². The highest BCUT2D eigenvalue weighted by molar-refractivity contribution is 5.80. The summed E-state index contributed by atoms with van der Waals surface area (Å²) in [6, 6.07) is 9.55. The normalized spacial score (nSPS) is 11.0. The number of carbonyl (C=O) groups excluding carboxylic acids is 1. The van der Waals surface area contributed by atoms with Gasteiger partial charge in [-0.3, -0.25) is 9.59 Å². The van der Waals surface area contributed by atoms with E-state index in [0.29, 0.717) is 13.0 Å². The van der Waals surface area contributed by atoms with Gasteiger partial charge in [0, 0.05) is 18.7 Å². The monoisotopic (exact) mass is 292 g/mol. The maximum absolute atomic E-state index is 11.7. The van der Waals surface area contributed by atoms with Crippen LogP contribution in [0.5, 0.6) is 0 Å². The van der Waals surface area contributed by atoms with Crippen molar-refractivity contribution in [1.82, 2.24) is 5.32 Å². The first kappa shape index (κ1) is 17.0. The molecule has 5 nitrogen and oxygen atoms in total. The Balaban J connectivity index is 2.19. The van der Waals surface area contributed by atoms with Crippen molar-refractivity contribution in [3.63, 3.8) is 0 Å². The van der Waals surface area contributed by atoms with Gasteiger partial charge in [0.15, 0.2) is 0 Å². The number of benzene rings is 1. The van der Waals surface area contributed by atoms with Crippen molar-refractivity contribution in [1.29, 1.82) is 0 Å². The van der Waals surface area contributed by atoms with Crippen LogP contribution in [0.25, 0.3) is 0 Å². The standard InChI is InChI=1S/C16H24N2O3/c1-16(2,9-8-15(20)21)10-11-17-14(19)12-18-13-6-4-3-5-7-13/h3-7,18H,8-12H2,1-2H3,(H,17,19)(H,20,21). The Kier molecular flexibility index (Phi) is 6.72. The molecule has 1 aromatic carbocycles. The maximum atomic E-state index is 11.7. The number of para-hydroxylation sites is 1. The molecule has 0 aliphatic heterocycles. The van der Waals surface area contributed by atoms with Gasteiger partial charge in [0.1, 0.15) is 0 Å². The molecule has 0 aliphatic carbocycles. The summed E-state index contributed by atoms with van der Waals surface area (Å²) in [6.45, 7) is 4.83. The average molecular weight is 292 g/mol. The van der Waals surface area contributed by atoms with E-state index in [9.17, 15) is 9.59 Å². The fourth-order valence-electron chi connectivity index (χ4n) is 1.91. The number of carbonyl (C=O) groups is 2. The minimum Gasteiger partial charge on any atom is -0.481 e. The van der Waals surface area contributed by atoms with Crippen LogP contribution in [0.15, 0.2) is 30.3 Å². The van der Waals surface area contributed by atoms with E-state index in [-0.39, 0.29) is 24.3 Å². The Morgan fingerprint density at radius 3 is 2.43 bits per heavy atom. The maximum Gasteiger partial charge on any atom is 0.303 e. The molecule has 0 bridgehead atoms. The van der Waals surface area contributed by atoms with Crippen molar-refractivity contribution in [2.24, 2.45) is 5.41 Å². The first-order chi connectivity index (χ1) is 9.89. The molecule has 21 heavy (non-hydrogen) atoms. The molecule has 0 fully saturated rings. The number of anilines is 1. The van der Waals surface area contributed by atoms with E-state index < -0.39 is 5.97 Å². The SMILES string of the molecule is CC(C)(CCNC(=O)CNc1ccccc1)CCC(=O)O. The number of rotatable bonds is 9. The van der Waals surface area contributed by atoms with Crippen LogP contribution in [0.1, 0.15) is 33.1 Å². The second-order valence-corrected chi connectivity index (χ2v) is 5.88. The van der Waals surface area contributed by atoms with Crippen molar-refractivity contribution in [3.8, 4) is 0 Å². The summed E-state index contributed by atoms with van der Waals surface area (Å²) in [7, 11) is 0. The summed E-state index contributed by atoms with van der Waals surface area (Å²) in [5.41, 5.74) is 0.827. The molecule has 1 rings (SSSR count). The molecule has 0 unspecified atom stereocenters. The van der Waals surface area contributed by atoms with E-state index in [1.54, 1.807) is 0 Å². The fraction of sp³-hybridized carbons (Fsp3) is 0.500. The highest BCUT2D eigenvalue weighted by atomic mass is 16.4. The Bertz CT molecular complexity index is 458. The molecule has 1 aromatic rings. The number of hydrogen-bond donors (Lipinski definition) is 3. The lowest BCUT2D eigenvalue weighted by molar-refractivity contribution is -0.137. The summed E-state index contributed by atoms with van der Waals surface area (Å²) in [6.07, 6.45) is 1.54. The van der Waals surface area contributed by atoms with Crippen LogP contribution < -0.4 is 10.6 Å². The molecule has 0 radical (unpaired) electrons. The molecule has 116 valence electrons. The Morgan fingerprint density at radius 2 is 1.81 bits per heavy atom. The van der Waals surface area contributed by atoms with Gasteiger partial charge in [0.05, 0.1) is 6.54 Å². The van der Waals surface area contributed by atoms with Gasteiger partial charge in [-0.05, 0) is 30.4 Å². The van der Waals surface area contributed by atoms with Crippen LogP contribution in [0.4, 0.5) is 5.69 Å². The van der Waals surface area contributed by atoms with Gasteiger partial charge in [-0.1, -0.05) is 32.0 Å². The zero-order chi connectivity index (χ0) is 15.7. The molecule has 3 N–H and O–H groups in total. The van der Waals surface area contributed by atoms with Crippen LogP contribution in [0.3, 0.4) is 0 Å². The summed E-state index contributed by atoms with van der Waals surface area (Å²) in [5, 5.41) is 14.6. The zero-order valence-electron chi connectivity index (χ0n) is 12.7. The highest BCUT2D eigenvalue weighted by Gasteiger charge is 2.19. The molecular formula is C16H24N2O3. The third-order valence-electron chi connectivity index (χ3n) is 3.37. The molecule has 0 heterocycles. The molecule has 1 amide bonds. The second-order valence-electron chi connectivity index (χ2n) is 5.88. The minimum atomic E-state index is -0.779. The minimum absolute atomic E-state index is 0.0621. The van der Waals surface area contributed by atoms with E-state index in [0.717, 1.165) is 12.1 Å². The number of carboxylic acid groups (broad SMARTS) is 1. The van der Waals surface area contributed by atoms with Gasteiger partial charge in [-0.25, -0.2) is 0 Å². The largest absolute Gasteiger partial charge is 0.481 e. The highest BCUT2D eigenvalue weighted by Crippen LogP contribution is 2.25. The first-order valence-corrected chi connectivity index (χ1v) is 7.16. The topological polar surface area (TPSA) is 78.4 Å². The van der Waals surface area contributed by atoms with Crippen molar-refractivity contribution < 1.29 is 14.7 Å². The Morgan fingerprint density at radius 1 is 1.14 bits per heavy atom. The molecule has 0 spiro atoms. The third kappa shape index (κ3) is 7.97. The van der Waals surface area contributed by atoms with Crippen LogP contribution in [-0.4, -0.2) is 30.1 Å². The predicted octanol–water partition coefficient (Wildman–Crippen LogP) is 2.50. The van der Waals surface area contributed by atoms with Crippen LogP contribution in [0.2, 0.25) is 0 Å². The van der Waals surface area contributed by atoms with E-state index in [1.165, 1.54) is 0 Å². The van der Waals surface area contributed by atoms with Crippen LogP contribution in [-0.2, 0) is 9.59 Å². The molecule has 5 heteroatoms. The van der Waals surface area contributed by atoms with Gasteiger partial charge < -0.3 is 15.7 Å². The lowest BCUT2D eigenvalue weighted by atomic mass is 9.84. The predicted molar refractivity (Wildman–Crippen MR) is 83.2 cm³/mol. The van der Waals surface area contributed by atoms with E-state index in [1.807, 2.05) is 44.2 Å². The fourth-order valence-corrected chi connectivity index (χ4v) is 1.91. The molecule has 0 saturated carbocycles. The molecule has 0 aliphatic rings. The summed E-state index contributed by atoms with van der Waals surface area (Å²) in [4.78, 5) is 22.3. The van der Waals surface area contributed by atoms with Gasteiger partial charge in [0.25, 0.3) is 0 Å². The summed E-state index contributed by atoms with van der Waals surface area (Å²) >= 11 is 0. The number of nitrogens with one attached hydrogen (secondary N) is 2. The summed E-state index contributed by atoms with van der Waals surface area (Å²) in [5.74, 6) is -0.841. The molecule has 0 aromatic heterocycles. The van der Waals surface area contributed by atoms with E-state index in [2.05, 4.69) is 10.6 Å². The zero-order valence-corrected chi connectivity index (χ0v) is 12.7. The molecular weight excluding hydrogens is 268 g/mol. The number of amides is 1.